The monoisotopic (exact) mass is 322 g/mol. The van der Waals surface area contributed by atoms with Crippen LogP contribution in [0.2, 0.25) is 0 Å². The van der Waals surface area contributed by atoms with Gasteiger partial charge in [0.2, 0.25) is 0 Å². The van der Waals surface area contributed by atoms with Gasteiger partial charge in [0.1, 0.15) is 12.4 Å². The fourth-order valence-corrected chi connectivity index (χ4v) is 3.13. The van der Waals surface area contributed by atoms with Crippen LogP contribution in [0.5, 0.6) is 5.75 Å². The van der Waals surface area contributed by atoms with Crippen molar-refractivity contribution in [2.45, 2.75) is 18.9 Å². The molecule has 1 aromatic carbocycles. The van der Waals surface area contributed by atoms with Crippen molar-refractivity contribution in [1.29, 1.82) is 0 Å². The van der Waals surface area contributed by atoms with Crippen LogP contribution in [-0.2, 0) is 0 Å². The molecule has 1 amide bonds. The number of carbonyl (C=O) groups excluding carboxylic acids is 1. The number of amides is 1. The molecule has 2 aromatic heterocycles. The van der Waals surface area contributed by atoms with Gasteiger partial charge in [0, 0.05) is 31.3 Å². The van der Waals surface area contributed by atoms with Crippen molar-refractivity contribution in [3.05, 3.63) is 60.8 Å². The molecule has 0 N–H and O–H groups in total. The molecule has 3 heterocycles. The molecule has 1 saturated heterocycles. The van der Waals surface area contributed by atoms with Gasteiger partial charge in [0.05, 0.1) is 6.04 Å². The molecule has 122 valence electrons. The third-order valence-corrected chi connectivity index (χ3v) is 4.34. The minimum absolute atomic E-state index is 0.0646. The lowest BCUT2D eigenvalue weighted by Crippen LogP contribution is -2.39. The molecule has 0 bridgehead atoms. The molecule has 0 radical (unpaired) electrons. The lowest BCUT2D eigenvalue weighted by molar-refractivity contribution is 0.0687. The highest BCUT2D eigenvalue weighted by atomic mass is 16.5. The van der Waals surface area contributed by atoms with Gasteiger partial charge in [-0.3, -0.25) is 4.79 Å². The summed E-state index contributed by atoms with van der Waals surface area (Å²) >= 11 is 0. The van der Waals surface area contributed by atoms with Crippen LogP contribution >= 0.6 is 0 Å². The van der Waals surface area contributed by atoms with Gasteiger partial charge >= 0.3 is 0 Å². The summed E-state index contributed by atoms with van der Waals surface area (Å²) in [6.07, 6.45) is 8.83. The summed E-state index contributed by atoms with van der Waals surface area (Å²) in [5.74, 6) is 0.747. The largest absolute Gasteiger partial charge is 0.491 e. The standard InChI is InChI=1S/C18H18N4O2/c23-18(16-17-20-9-12-21(17)11-8-19-16)22-10-4-5-14(22)13-24-15-6-2-1-3-7-15/h1-3,6-9,11-12,14H,4-5,10,13H2/t14-/m1/s1. The molecule has 24 heavy (non-hydrogen) atoms. The van der Waals surface area contributed by atoms with Gasteiger partial charge < -0.3 is 14.0 Å². The molecule has 0 aliphatic carbocycles. The number of carbonyl (C=O) groups is 1. The van der Waals surface area contributed by atoms with E-state index in [1.54, 1.807) is 18.6 Å². The van der Waals surface area contributed by atoms with E-state index in [1.807, 2.05) is 45.8 Å². The van der Waals surface area contributed by atoms with Crippen molar-refractivity contribution in [3.8, 4) is 5.75 Å². The lowest BCUT2D eigenvalue weighted by atomic mass is 10.2. The fourth-order valence-electron chi connectivity index (χ4n) is 3.13. The summed E-state index contributed by atoms with van der Waals surface area (Å²) in [6, 6.07) is 9.75. The van der Waals surface area contributed by atoms with Gasteiger partial charge in [-0.1, -0.05) is 18.2 Å². The normalized spacial score (nSPS) is 17.3. The number of hydrogen-bond donors (Lipinski definition) is 0. The van der Waals surface area contributed by atoms with Crippen molar-refractivity contribution in [2.75, 3.05) is 13.2 Å². The summed E-state index contributed by atoms with van der Waals surface area (Å²) in [5, 5.41) is 0. The summed E-state index contributed by atoms with van der Waals surface area (Å²) in [7, 11) is 0. The Hall–Kier alpha value is -2.89. The first-order valence-electron chi connectivity index (χ1n) is 8.09. The van der Waals surface area contributed by atoms with Gasteiger partial charge in [-0.25, -0.2) is 9.97 Å². The molecule has 6 nitrogen and oxygen atoms in total. The number of nitrogens with zero attached hydrogens (tertiary/aromatic N) is 4. The van der Waals surface area contributed by atoms with E-state index >= 15 is 0 Å². The Morgan fingerprint density at radius 1 is 1.17 bits per heavy atom. The number of aromatic nitrogens is 3. The van der Waals surface area contributed by atoms with Crippen molar-refractivity contribution >= 4 is 11.6 Å². The van der Waals surface area contributed by atoms with Crippen LogP contribution < -0.4 is 4.74 Å². The molecule has 4 rings (SSSR count). The van der Waals surface area contributed by atoms with Gasteiger partial charge in [-0.05, 0) is 25.0 Å². The summed E-state index contributed by atoms with van der Waals surface area (Å²) in [4.78, 5) is 23.3. The second-order valence-electron chi connectivity index (χ2n) is 5.85. The van der Waals surface area contributed by atoms with Crippen molar-refractivity contribution in [1.82, 2.24) is 19.3 Å². The van der Waals surface area contributed by atoms with Crippen LogP contribution in [0.15, 0.2) is 55.1 Å². The van der Waals surface area contributed by atoms with Crippen LogP contribution in [0.25, 0.3) is 5.65 Å². The van der Waals surface area contributed by atoms with E-state index in [1.165, 1.54) is 0 Å². The van der Waals surface area contributed by atoms with Crippen molar-refractivity contribution < 1.29 is 9.53 Å². The third-order valence-electron chi connectivity index (χ3n) is 4.34. The Morgan fingerprint density at radius 3 is 2.79 bits per heavy atom. The summed E-state index contributed by atoms with van der Waals surface area (Å²) < 4.78 is 7.65. The Balaban J connectivity index is 1.52. The van der Waals surface area contributed by atoms with E-state index in [0.717, 1.165) is 25.1 Å². The van der Waals surface area contributed by atoms with E-state index in [0.29, 0.717) is 17.9 Å². The minimum atomic E-state index is -0.0778. The maximum Gasteiger partial charge on any atom is 0.276 e. The molecule has 1 atom stereocenters. The zero-order valence-electron chi connectivity index (χ0n) is 13.2. The Labute approximate surface area is 139 Å². The average Bonchev–Trinajstić information content (AvgIpc) is 3.29. The molecular formula is C18H18N4O2. The zero-order valence-corrected chi connectivity index (χ0v) is 13.2. The second-order valence-corrected chi connectivity index (χ2v) is 5.85. The minimum Gasteiger partial charge on any atom is -0.491 e. The first-order valence-corrected chi connectivity index (χ1v) is 8.09. The molecule has 6 heteroatoms. The summed E-state index contributed by atoms with van der Waals surface area (Å²) in [5.41, 5.74) is 0.992. The zero-order chi connectivity index (χ0) is 16.4. The van der Waals surface area contributed by atoms with Gasteiger partial charge in [0.15, 0.2) is 11.3 Å². The average molecular weight is 322 g/mol. The predicted molar refractivity (Wildman–Crippen MR) is 89.0 cm³/mol. The number of ether oxygens (including phenoxy) is 1. The second kappa shape index (κ2) is 6.31. The lowest BCUT2D eigenvalue weighted by Gasteiger charge is -2.24. The quantitative estimate of drug-likeness (QED) is 0.740. The molecule has 1 aliphatic heterocycles. The number of para-hydroxylation sites is 1. The number of hydrogen-bond acceptors (Lipinski definition) is 4. The van der Waals surface area contributed by atoms with E-state index in [-0.39, 0.29) is 11.9 Å². The van der Waals surface area contributed by atoms with E-state index in [9.17, 15) is 4.79 Å². The van der Waals surface area contributed by atoms with E-state index in [4.69, 9.17) is 4.74 Å². The highest BCUT2D eigenvalue weighted by Gasteiger charge is 2.31. The van der Waals surface area contributed by atoms with Gasteiger partial charge in [-0.2, -0.15) is 0 Å². The molecule has 1 fully saturated rings. The first-order chi connectivity index (χ1) is 11.8. The van der Waals surface area contributed by atoms with Crippen molar-refractivity contribution in [2.24, 2.45) is 0 Å². The van der Waals surface area contributed by atoms with Crippen LogP contribution in [0.3, 0.4) is 0 Å². The Kier molecular flexibility index (Phi) is 3.86. The van der Waals surface area contributed by atoms with E-state index in [2.05, 4.69) is 9.97 Å². The number of rotatable bonds is 4. The SMILES string of the molecule is O=C(c1nccn2ccnc12)N1CCC[C@@H]1COc1ccccc1. The molecule has 0 spiro atoms. The highest BCUT2D eigenvalue weighted by Crippen LogP contribution is 2.22. The molecular weight excluding hydrogens is 304 g/mol. The number of likely N-dealkylation sites (tertiary alicyclic amines) is 1. The molecule has 1 aliphatic rings. The first kappa shape index (κ1) is 14.7. The maximum atomic E-state index is 12.9. The molecule has 0 saturated carbocycles. The smallest absolute Gasteiger partial charge is 0.276 e. The van der Waals surface area contributed by atoms with Gasteiger partial charge in [0.25, 0.3) is 5.91 Å². The van der Waals surface area contributed by atoms with Crippen LogP contribution in [0.4, 0.5) is 0 Å². The number of imidazole rings is 1. The highest BCUT2D eigenvalue weighted by molar-refractivity contribution is 5.98. The van der Waals surface area contributed by atoms with Crippen LogP contribution in [-0.4, -0.2) is 44.4 Å². The van der Waals surface area contributed by atoms with Gasteiger partial charge in [-0.15, -0.1) is 0 Å². The predicted octanol–water partition coefficient (Wildman–Crippen LogP) is 2.41. The fraction of sp³-hybridized carbons (Fsp3) is 0.278. The summed E-state index contributed by atoms with van der Waals surface area (Å²) in [6.45, 7) is 1.22. The number of benzene rings is 1. The van der Waals surface area contributed by atoms with Crippen LogP contribution in [0.1, 0.15) is 23.3 Å². The third kappa shape index (κ3) is 2.71. The van der Waals surface area contributed by atoms with E-state index < -0.39 is 0 Å². The maximum absolute atomic E-state index is 12.9. The topological polar surface area (TPSA) is 59.7 Å². The van der Waals surface area contributed by atoms with Crippen LogP contribution in [0, 0.1) is 0 Å². The Morgan fingerprint density at radius 2 is 1.96 bits per heavy atom. The van der Waals surface area contributed by atoms with Crippen molar-refractivity contribution in [3.63, 3.8) is 0 Å². The molecule has 0 unspecified atom stereocenters. The Bertz CT molecular complexity index is 846. The molecule has 3 aromatic rings. The number of fused-ring (bicyclic) bond motifs is 1.